The van der Waals surface area contributed by atoms with E-state index in [1.165, 1.54) is 19.3 Å². The van der Waals surface area contributed by atoms with Crippen molar-refractivity contribution in [3.63, 3.8) is 0 Å². The van der Waals surface area contributed by atoms with Crippen LogP contribution in [0, 0.1) is 41.4 Å². The molecule has 2 rings (SSSR count). The monoisotopic (exact) mass is 208 g/mol. The molecule has 2 saturated carbocycles. The van der Waals surface area contributed by atoms with Crippen LogP contribution in [-0.2, 0) is 0 Å². The molecule has 0 N–H and O–H groups in total. The van der Waals surface area contributed by atoms with Gasteiger partial charge in [0.1, 0.15) is 0 Å². The Bertz CT molecular complexity index is 220. The molecule has 0 spiro atoms. The van der Waals surface area contributed by atoms with Crippen LogP contribution < -0.4 is 0 Å². The van der Waals surface area contributed by atoms with E-state index in [2.05, 4.69) is 34.6 Å². The molecule has 7 unspecified atom stereocenters. The lowest BCUT2D eigenvalue weighted by Gasteiger charge is -2.30. The average Bonchev–Trinajstić information content (AvgIpc) is 2.83. The molecular weight excluding hydrogens is 180 g/mol. The van der Waals surface area contributed by atoms with Gasteiger partial charge in [-0.05, 0) is 54.3 Å². The van der Waals surface area contributed by atoms with E-state index in [1.54, 1.807) is 0 Å². The van der Waals surface area contributed by atoms with Crippen LogP contribution in [-0.4, -0.2) is 0 Å². The third-order valence-corrected chi connectivity index (χ3v) is 5.59. The summed E-state index contributed by atoms with van der Waals surface area (Å²) in [6.45, 7) is 12.3. The van der Waals surface area contributed by atoms with E-state index in [4.69, 9.17) is 0 Å². The molecule has 0 aromatic heterocycles. The largest absolute Gasteiger partial charge is 0.0651 e. The fourth-order valence-electron chi connectivity index (χ4n) is 4.48. The zero-order valence-electron chi connectivity index (χ0n) is 11.2. The molecule has 15 heavy (non-hydrogen) atoms. The van der Waals surface area contributed by atoms with Crippen molar-refractivity contribution in [3.05, 3.63) is 0 Å². The van der Waals surface area contributed by atoms with Crippen molar-refractivity contribution in [2.75, 3.05) is 0 Å². The van der Waals surface area contributed by atoms with E-state index >= 15 is 0 Å². The van der Waals surface area contributed by atoms with Crippen molar-refractivity contribution in [1.29, 1.82) is 0 Å². The molecule has 0 aliphatic heterocycles. The van der Waals surface area contributed by atoms with Crippen molar-refractivity contribution < 1.29 is 0 Å². The Labute approximate surface area is 95.8 Å². The normalized spacial score (nSPS) is 51.8. The first kappa shape index (κ1) is 11.5. The minimum atomic E-state index is 0.966. The van der Waals surface area contributed by atoms with E-state index in [0.717, 1.165) is 41.4 Å². The SMILES string of the molecule is CCC(C1CC1C)C1C(C)CC(C)C1C. The minimum Gasteiger partial charge on any atom is -0.0651 e. The summed E-state index contributed by atoms with van der Waals surface area (Å²) >= 11 is 0. The summed E-state index contributed by atoms with van der Waals surface area (Å²) in [7, 11) is 0. The van der Waals surface area contributed by atoms with Crippen molar-refractivity contribution in [2.45, 2.75) is 53.9 Å². The van der Waals surface area contributed by atoms with Crippen LogP contribution in [0.4, 0.5) is 0 Å². The van der Waals surface area contributed by atoms with Gasteiger partial charge in [0.2, 0.25) is 0 Å². The predicted molar refractivity (Wildman–Crippen MR) is 66.7 cm³/mol. The topological polar surface area (TPSA) is 0 Å². The van der Waals surface area contributed by atoms with Gasteiger partial charge in [-0.2, -0.15) is 0 Å². The first-order valence-electron chi connectivity index (χ1n) is 7.06. The standard InChI is InChI=1S/C15H28/c1-6-13(14-8-10(14)3)15-11(4)7-9(2)12(15)5/h9-15H,6-8H2,1-5H3. The van der Waals surface area contributed by atoms with Gasteiger partial charge in [0.15, 0.2) is 0 Å². The summed E-state index contributed by atoms with van der Waals surface area (Å²) in [5.41, 5.74) is 0. The molecular formula is C15H28. The molecule has 2 aliphatic carbocycles. The maximum Gasteiger partial charge on any atom is -0.0329 e. The van der Waals surface area contributed by atoms with Gasteiger partial charge in [0.25, 0.3) is 0 Å². The van der Waals surface area contributed by atoms with Crippen molar-refractivity contribution >= 4 is 0 Å². The van der Waals surface area contributed by atoms with Gasteiger partial charge in [-0.1, -0.05) is 41.0 Å². The average molecular weight is 208 g/mol. The summed E-state index contributed by atoms with van der Waals surface area (Å²) in [6.07, 6.45) is 4.41. The van der Waals surface area contributed by atoms with Crippen molar-refractivity contribution in [3.8, 4) is 0 Å². The maximum absolute atomic E-state index is 2.51. The van der Waals surface area contributed by atoms with Crippen molar-refractivity contribution in [1.82, 2.24) is 0 Å². The quantitative estimate of drug-likeness (QED) is 0.636. The van der Waals surface area contributed by atoms with E-state index in [-0.39, 0.29) is 0 Å². The molecule has 0 heteroatoms. The molecule has 0 nitrogen and oxygen atoms in total. The van der Waals surface area contributed by atoms with Gasteiger partial charge < -0.3 is 0 Å². The summed E-state index contributed by atoms with van der Waals surface area (Å²) in [6, 6.07) is 0. The van der Waals surface area contributed by atoms with Gasteiger partial charge in [-0.15, -0.1) is 0 Å². The fourth-order valence-corrected chi connectivity index (χ4v) is 4.48. The molecule has 7 atom stereocenters. The maximum atomic E-state index is 2.51. The van der Waals surface area contributed by atoms with Crippen LogP contribution >= 0.6 is 0 Å². The third kappa shape index (κ3) is 1.97. The van der Waals surface area contributed by atoms with Gasteiger partial charge >= 0.3 is 0 Å². The second kappa shape index (κ2) is 4.11. The molecule has 0 aromatic rings. The summed E-state index contributed by atoms with van der Waals surface area (Å²) in [5.74, 6) is 7.09. The lowest BCUT2D eigenvalue weighted by atomic mass is 9.75. The zero-order chi connectivity index (χ0) is 11.2. The predicted octanol–water partition coefficient (Wildman–Crippen LogP) is 4.60. The molecule has 88 valence electrons. The molecule has 0 radical (unpaired) electrons. The molecule has 0 aromatic carbocycles. The lowest BCUT2D eigenvalue weighted by Crippen LogP contribution is -2.24. The minimum absolute atomic E-state index is 0.966. The highest BCUT2D eigenvalue weighted by atomic mass is 14.5. The van der Waals surface area contributed by atoms with Crippen LogP contribution in [0.5, 0.6) is 0 Å². The van der Waals surface area contributed by atoms with Gasteiger partial charge in [-0.25, -0.2) is 0 Å². The summed E-state index contributed by atoms with van der Waals surface area (Å²) in [4.78, 5) is 0. The zero-order valence-corrected chi connectivity index (χ0v) is 11.2. The fraction of sp³-hybridized carbons (Fsp3) is 1.00. The number of hydrogen-bond donors (Lipinski definition) is 0. The van der Waals surface area contributed by atoms with E-state index in [1.807, 2.05) is 0 Å². The summed E-state index contributed by atoms with van der Waals surface area (Å²) in [5, 5.41) is 0. The Morgan fingerprint density at radius 3 is 1.87 bits per heavy atom. The Kier molecular flexibility index (Phi) is 3.14. The van der Waals surface area contributed by atoms with Crippen LogP contribution in [0.2, 0.25) is 0 Å². The number of hydrogen-bond acceptors (Lipinski definition) is 0. The smallest absolute Gasteiger partial charge is 0.0329 e. The number of rotatable bonds is 3. The highest BCUT2D eigenvalue weighted by molar-refractivity contribution is 4.96. The Balaban J connectivity index is 2.07. The second-order valence-electron chi connectivity index (χ2n) is 6.58. The van der Waals surface area contributed by atoms with E-state index in [9.17, 15) is 0 Å². The molecule has 2 fully saturated rings. The highest BCUT2D eigenvalue weighted by Crippen LogP contribution is 2.55. The third-order valence-electron chi connectivity index (χ3n) is 5.59. The summed E-state index contributed by atoms with van der Waals surface area (Å²) < 4.78 is 0. The van der Waals surface area contributed by atoms with Crippen LogP contribution in [0.1, 0.15) is 53.9 Å². The molecule has 0 saturated heterocycles. The molecule has 0 heterocycles. The first-order chi connectivity index (χ1) is 7.06. The highest BCUT2D eigenvalue weighted by Gasteiger charge is 2.48. The van der Waals surface area contributed by atoms with Crippen LogP contribution in [0.25, 0.3) is 0 Å². The first-order valence-corrected chi connectivity index (χ1v) is 7.06. The van der Waals surface area contributed by atoms with E-state index < -0.39 is 0 Å². The lowest BCUT2D eigenvalue weighted by molar-refractivity contribution is 0.179. The van der Waals surface area contributed by atoms with Crippen LogP contribution in [0.15, 0.2) is 0 Å². The van der Waals surface area contributed by atoms with E-state index in [0.29, 0.717) is 0 Å². The Morgan fingerprint density at radius 2 is 1.53 bits per heavy atom. The molecule has 2 aliphatic rings. The molecule has 0 amide bonds. The van der Waals surface area contributed by atoms with Gasteiger partial charge in [-0.3, -0.25) is 0 Å². The second-order valence-corrected chi connectivity index (χ2v) is 6.58. The van der Waals surface area contributed by atoms with Crippen molar-refractivity contribution in [2.24, 2.45) is 41.4 Å². The Hall–Kier alpha value is 0. The van der Waals surface area contributed by atoms with Crippen LogP contribution in [0.3, 0.4) is 0 Å². The molecule has 0 bridgehead atoms. The Morgan fingerprint density at radius 1 is 0.933 bits per heavy atom. The van der Waals surface area contributed by atoms with Gasteiger partial charge in [0.05, 0.1) is 0 Å². The van der Waals surface area contributed by atoms with Gasteiger partial charge in [0, 0.05) is 0 Å².